The summed E-state index contributed by atoms with van der Waals surface area (Å²) in [6.07, 6.45) is 7.51. The lowest BCUT2D eigenvalue weighted by Crippen LogP contribution is -2.42. The van der Waals surface area contributed by atoms with Crippen molar-refractivity contribution in [3.05, 3.63) is 71.3 Å². The van der Waals surface area contributed by atoms with Crippen LogP contribution in [0.4, 0.5) is 0 Å². The summed E-state index contributed by atoms with van der Waals surface area (Å²) in [5, 5.41) is 3.22. The fourth-order valence-corrected chi connectivity index (χ4v) is 4.84. The zero-order chi connectivity index (χ0) is 20.1. The lowest BCUT2D eigenvalue weighted by molar-refractivity contribution is -0.128. The van der Waals surface area contributed by atoms with Crippen LogP contribution in [0.25, 0.3) is 0 Å². The fraction of sp³-hybridized carbons (Fsp3) is 0.440. The molecule has 1 aliphatic heterocycles. The molecule has 1 aliphatic carbocycles. The predicted octanol–water partition coefficient (Wildman–Crippen LogP) is 4.44. The Morgan fingerprint density at radius 1 is 0.966 bits per heavy atom. The molecule has 0 unspecified atom stereocenters. The monoisotopic (exact) mass is 390 g/mol. The Morgan fingerprint density at radius 2 is 1.76 bits per heavy atom. The first-order valence-corrected chi connectivity index (χ1v) is 10.9. The molecule has 4 nitrogen and oxygen atoms in total. The van der Waals surface area contributed by atoms with Crippen molar-refractivity contribution < 1.29 is 9.59 Å². The van der Waals surface area contributed by atoms with E-state index in [0.717, 1.165) is 31.4 Å². The Kier molecular flexibility index (Phi) is 5.98. The number of hydrogen-bond acceptors (Lipinski definition) is 2. The number of nitrogens with one attached hydrogen (secondary N) is 1. The first kappa shape index (κ1) is 19.7. The normalized spacial score (nSPS) is 18.6. The van der Waals surface area contributed by atoms with E-state index in [0.29, 0.717) is 25.1 Å². The summed E-state index contributed by atoms with van der Waals surface area (Å²) in [4.78, 5) is 26.7. The van der Waals surface area contributed by atoms with Crippen LogP contribution >= 0.6 is 0 Å². The van der Waals surface area contributed by atoms with E-state index in [1.54, 1.807) is 0 Å². The highest BCUT2D eigenvalue weighted by Crippen LogP contribution is 2.39. The zero-order valence-electron chi connectivity index (χ0n) is 17.0. The van der Waals surface area contributed by atoms with Gasteiger partial charge in [0.1, 0.15) is 0 Å². The second-order valence-electron chi connectivity index (χ2n) is 8.51. The molecule has 1 saturated heterocycles. The first-order valence-electron chi connectivity index (χ1n) is 10.9. The summed E-state index contributed by atoms with van der Waals surface area (Å²) >= 11 is 0. The van der Waals surface area contributed by atoms with E-state index < -0.39 is 0 Å². The van der Waals surface area contributed by atoms with Gasteiger partial charge >= 0.3 is 0 Å². The Balaban J connectivity index is 1.44. The fourth-order valence-electron chi connectivity index (χ4n) is 4.84. The number of carbonyl (C=O) groups excluding carboxylic acids is 2. The Bertz CT molecular complexity index is 856. The van der Waals surface area contributed by atoms with Crippen molar-refractivity contribution in [3.8, 4) is 0 Å². The highest BCUT2D eigenvalue weighted by atomic mass is 16.2. The molecule has 4 heteroatoms. The third-order valence-corrected chi connectivity index (χ3v) is 6.52. The van der Waals surface area contributed by atoms with Crippen LogP contribution in [0.3, 0.4) is 0 Å². The third-order valence-electron chi connectivity index (χ3n) is 6.52. The molecular formula is C25H30N2O2. The third kappa shape index (κ3) is 4.52. The van der Waals surface area contributed by atoms with E-state index >= 15 is 0 Å². The van der Waals surface area contributed by atoms with Crippen LogP contribution in [0.2, 0.25) is 0 Å². The zero-order valence-corrected chi connectivity index (χ0v) is 17.0. The minimum atomic E-state index is -0.0273. The second-order valence-corrected chi connectivity index (χ2v) is 8.51. The molecule has 2 fully saturated rings. The van der Waals surface area contributed by atoms with Crippen LogP contribution < -0.4 is 5.32 Å². The number of amides is 2. The van der Waals surface area contributed by atoms with E-state index in [2.05, 4.69) is 35.6 Å². The van der Waals surface area contributed by atoms with Crippen molar-refractivity contribution in [1.29, 1.82) is 0 Å². The lowest BCUT2D eigenvalue weighted by atomic mass is 9.69. The smallest absolute Gasteiger partial charge is 0.251 e. The maximum absolute atomic E-state index is 12.9. The van der Waals surface area contributed by atoms with Gasteiger partial charge in [0.15, 0.2) is 0 Å². The quantitative estimate of drug-likeness (QED) is 0.793. The standard InChI is InChI=1S/C25H30N2O2/c28-23-13-8-16-27(23)18-20-9-7-10-21(17-20)24(29)26-19-25(14-5-2-6-15-25)22-11-3-1-4-12-22/h1,3-4,7,9-12,17H,2,5-6,8,13-16,18-19H2,(H,26,29). The number of carbonyl (C=O) groups is 2. The van der Waals surface area contributed by atoms with Crippen molar-refractivity contribution in [2.24, 2.45) is 0 Å². The summed E-state index contributed by atoms with van der Waals surface area (Å²) in [5.74, 6) is 0.183. The molecule has 2 aliphatic rings. The van der Waals surface area contributed by atoms with Crippen LogP contribution in [0.15, 0.2) is 54.6 Å². The van der Waals surface area contributed by atoms with Gasteiger partial charge in [-0.25, -0.2) is 0 Å². The van der Waals surface area contributed by atoms with E-state index in [9.17, 15) is 9.59 Å². The summed E-state index contributed by atoms with van der Waals surface area (Å²) in [6.45, 7) is 2.08. The van der Waals surface area contributed by atoms with Gasteiger partial charge < -0.3 is 10.2 Å². The lowest BCUT2D eigenvalue weighted by Gasteiger charge is -2.38. The summed E-state index contributed by atoms with van der Waals surface area (Å²) in [7, 11) is 0. The molecule has 1 heterocycles. The number of rotatable bonds is 6. The van der Waals surface area contributed by atoms with Gasteiger partial charge in [-0.3, -0.25) is 9.59 Å². The van der Waals surface area contributed by atoms with Crippen LogP contribution in [0.5, 0.6) is 0 Å². The van der Waals surface area contributed by atoms with E-state index in [1.807, 2.05) is 29.2 Å². The predicted molar refractivity (Wildman–Crippen MR) is 115 cm³/mol. The Morgan fingerprint density at radius 3 is 2.48 bits per heavy atom. The molecule has 1 saturated carbocycles. The van der Waals surface area contributed by atoms with Gasteiger partial charge in [-0.2, -0.15) is 0 Å². The van der Waals surface area contributed by atoms with E-state index in [1.165, 1.54) is 24.8 Å². The highest BCUT2D eigenvalue weighted by molar-refractivity contribution is 5.94. The summed E-state index contributed by atoms with van der Waals surface area (Å²) in [5.41, 5.74) is 3.06. The summed E-state index contributed by atoms with van der Waals surface area (Å²) in [6, 6.07) is 18.3. The minimum Gasteiger partial charge on any atom is -0.351 e. The molecule has 2 aromatic rings. The van der Waals surface area contributed by atoms with Gasteiger partial charge in [-0.05, 0) is 42.5 Å². The molecule has 152 valence electrons. The number of nitrogens with zero attached hydrogens (tertiary/aromatic N) is 1. The van der Waals surface area contributed by atoms with Crippen molar-refractivity contribution in [1.82, 2.24) is 10.2 Å². The van der Waals surface area contributed by atoms with Crippen molar-refractivity contribution >= 4 is 11.8 Å². The van der Waals surface area contributed by atoms with Gasteiger partial charge in [0.2, 0.25) is 5.91 Å². The van der Waals surface area contributed by atoms with Crippen LogP contribution in [0.1, 0.15) is 66.4 Å². The number of likely N-dealkylation sites (tertiary alicyclic amines) is 1. The van der Waals surface area contributed by atoms with Crippen molar-refractivity contribution in [2.45, 2.75) is 56.9 Å². The molecule has 0 bridgehead atoms. The minimum absolute atomic E-state index is 0.0273. The first-order chi connectivity index (χ1) is 14.2. The van der Waals surface area contributed by atoms with E-state index in [4.69, 9.17) is 0 Å². The van der Waals surface area contributed by atoms with Gasteiger partial charge in [-0.15, -0.1) is 0 Å². The molecule has 2 aromatic carbocycles. The molecule has 0 spiro atoms. The maximum Gasteiger partial charge on any atom is 0.251 e. The van der Waals surface area contributed by atoms with Crippen molar-refractivity contribution in [3.63, 3.8) is 0 Å². The Labute approximate surface area is 173 Å². The molecular weight excluding hydrogens is 360 g/mol. The number of benzene rings is 2. The molecule has 4 rings (SSSR count). The van der Waals surface area contributed by atoms with Crippen LogP contribution in [0, 0.1) is 0 Å². The molecule has 1 N–H and O–H groups in total. The molecule has 0 atom stereocenters. The van der Waals surface area contributed by atoms with Gasteiger partial charge in [0.05, 0.1) is 0 Å². The van der Waals surface area contributed by atoms with Gasteiger partial charge in [0, 0.05) is 37.0 Å². The van der Waals surface area contributed by atoms with Crippen LogP contribution in [-0.2, 0) is 16.8 Å². The molecule has 2 amide bonds. The van der Waals surface area contributed by atoms with Crippen LogP contribution in [-0.4, -0.2) is 29.8 Å². The van der Waals surface area contributed by atoms with Gasteiger partial charge in [0.25, 0.3) is 5.91 Å². The summed E-state index contributed by atoms with van der Waals surface area (Å²) < 4.78 is 0. The average molecular weight is 391 g/mol. The molecule has 0 radical (unpaired) electrons. The second kappa shape index (κ2) is 8.81. The molecule has 29 heavy (non-hydrogen) atoms. The largest absolute Gasteiger partial charge is 0.351 e. The Hall–Kier alpha value is -2.62. The topological polar surface area (TPSA) is 49.4 Å². The van der Waals surface area contributed by atoms with E-state index in [-0.39, 0.29) is 17.2 Å². The SMILES string of the molecule is O=C(NCC1(c2ccccc2)CCCCC1)c1cccc(CN2CCCC2=O)c1. The van der Waals surface area contributed by atoms with Crippen molar-refractivity contribution in [2.75, 3.05) is 13.1 Å². The number of hydrogen-bond donors (Lipinski definition) is 1. The van der Waals surface area contributed by atoms with Gasteiger partial charge in [-0.1, -0.05) is 61.7 Å². The average Bonchev–Trinajstić information content (AvgIpc) is 3.18. The molecule has 0 aromatic heterocycles. The maximum atomic E-state index is 12.9. The highest BCUT2D eigenvalue weighted by Gasteiger charge is 2.34.